The van der Waals surface area contributed by atoms with Crippen LogP contribution in [0, 0.1) is 11.3 Å². The van der Waals surface area contributed by atoms with Crippen LogP contribution < -0.4 is 0 Å². The van der Waals surface area contributed by atoms with Crippen molar-refractivity contribution in [3.63, 3.8) is 0 Å². The number of ether oxygens (including phenoxy) is 1. The van der Waals surface area contributed by atoms with Gasteiger partial charge in [-0.1, -0.05) is 13.0 Å². The highest BCUT2D eigenvalue weighted by atomic mass is 16.5. The molecular weight excluding hydrogens is 218 g/mol. The maximum absolute atomic E-state index is 11.8. The Hall–Kier alpha value is -1.86. The second-order valence-corrected chi connectivity index (χ2v) is 3.47. The quantitative estimate of drug-likeness (QED) is 0.805. The topological polar surface area (TPSA) is 70.3 Å². The van der Waals surface area contributed by atoms with Crippen molar-refractivity contribution >= 4 is 5.97 Å². The van der Waals surface area contributed by atoms with Gasteiger partial charge in [0.2, 0.25) is 0 Å². The zero-order valence-electron chi connectivity index (χ0n) is 9.99. The minimum atomic E-state index is -0.481. The molecule has 17 heavy (non-hydrogen) atoms. The molecule has 1 N–H and O–H groups in total. The molecule has 4 heteroatoms. The SMILES string of the molecule is CCOC(=O)c1c(CO)ccc(C#N)c1CC. The van der Waals surface area contributed by atoms with Gasteiger partial charge in [-0.2, -0.15) is 5.26 Å². The normalized spacial score (nSPS) is 9.76. The van der Waals surface area contributed by atoms with Crippen LogP contribution in [0.3, 0.4) is 0 Å². The van der Waals surface area contributed by atoms with Gasteiger partial charge in [-0.25, -0.2) is 4.79 Å². The summed E-state index contributed by atoms with van der Waals surface area (Å²) in [5, 5.41) is 18.2. The van der Waals surface area contributed by atoms with E-state index in [1.54, 1.807) is 19.1 Å². The van der Waals surface area contributed by atoms with Gasteiger partial charge in [0, 0.05) is 0 Å². The molecule has 0 unspecified atom stereocenters. The maximum Gasteiger partial charge on any atom is 0.338 e. The van der Waals surface area contributed by atoms with E-state index in [1.807, 2.05) is 13.0 Å². The number of benzene rings is 1. The zero-order chi connectivity index (χ0) is 12.8. The third-order valence-electron chi connectivity index (χ3n) is 2.52. The first-order chi connectivity index (χ1) is 8.19. The first kappa shape index (κ1) is 13.2. The van der Waals surface area contributed by atoms with Crippen molar-refractivity contribution in [2.75, 3.05) is 6.61 Å². The molecule has 1 aromatic rings. The van der Waals surface area contributed by atoms with E-state index >= 15 is 0 Å². The Morgan fingerprint density at radius 1 is 1.47 bits per heavy atom. The fraction of sp³-hybridized carbons (Fsp3) is 0.385. The molecule has 0 saturated heterocycles. The number of rotatable bonds is 4. The number of aliphatic hydroxyl groups is 1. The summed E-state index contributed by atoms with van der Waals surface area (Å²) >= 11 is 0. The number of carbonyl (C=O) groups excluding carboxylic acids is 1. The Kier molecular flexibility index (Phi) is 4.68. The molecule has 0 aliphatic heterocycles. The molecule has 0 aromatic heterocycles. The van der Waals surface area contributed by atoms with E-state index in [9.17, 15) is 9.90 Å². The Balaban J connectivity index is 3.41. The molecule has 0 spiro atoms. The second kappa shape index (κ2) is 6.02. The van der Waals surface area contributed by atoms with Gasteiger partial charge in [-0.05, 0) is 30.5 Å². The van der Waals surface area contributed by atoms with E-state index < -0.39 is 5.97 Å². The maximum atomic E-state index is 11.8. The molecule has 0 bridgehead atoms. The lowest BCUT2D eigenvalue weighted by molar-refractivity contribution is 0.0521. The van der Waals surface area contributed by atoms with Crippen molar-refractivity contribution in [3.8, 4) is 6.07 Å². The highest BCUT2D eigenvalue weighted by Gasteiger charge is 2.19. The van der Waals surface area contributed by atoms with Gasteiger partial charge in [0.1, 0.15) is 0 Å². The summed E-state index contributed by atoms with van der Waals surface area (Å²) in [7, 11) is 0. The number of aliphatic hydroxyl groups excluding tert-OH is 1. The van der Waals surface area contributed by atoms with Crippen molar-refractivity contribution in [1.82, 2.24) is 0 Å². The van der Waals surface area contributed by atoms with E-state index in [4.69, 9.17) is 10.00 Å². The summed E-state index contributed by atoms with van der Waals surface area (Å²) in [6.07, 6.45) is 0.547. The summed E-state index contributed by atoms with van der Waals surface area (Å²) < 4.78 is 4.95. The summed E-state index contributed by atoms with van der Waals surface area (Å²) in [6.45, 7) is 3.60. The average Bonchev–Trinajstić information content (AvgIpc) is 2.36. The van der Waals surface area contributed by atoms with Crippen LogP contribution in [-0.2, 0) is 17.8 Å². The van der Waals surface area contributed by atoms with Crippen LogP contribution in [0.2, 0.25) is 0 Å². The van der Waals surface area contributed by atoms with Gasteiger partial charge in [-0.3, -0.25) is 0 Å². The summed E-state index contributed by atoms with van der Waals surface area (Å²) in [6, 6.07) is 5.25. The van der Waals surface area contributed by atoms with Gasteiger partial charge < -0.3 is 9.84 Å². The number of hydrogen-bond donors (Lipinski definition) is 1. The van der Waals surface area contributed by atoms with Gasteiger partial charge in [0.05, 0.1) is 30.4 Å². The minimum absolute atomic E-state index is 0.243. The van der Waals surface area contributed by atoms with Gasteiger partial charge in [0.25, 0.3) is 0 Å². The molecule has 0 aliphatic carbocycles. The van der Waals surface area contributed by atoms with Crippen molar-refractivity contribution in [1.29, 1.82) is 5.26 Å². The van der Waals surface area contributed by atoms with Gasteiger partial charge >= 0.3 is 5.97 Å². The Morgan fingerprint density at radius 2 is 2.18 bits per heavy atom. The molecule has 0 fully saturated rings. The molecule has 0 amide bonds. The number of carbonyl (C=O) groups is 1. The smallest absolute Gasteiger partial charge is 0.338 e. The molecule has 0 heterocycles. The van der Waals surface area contributed by atoms with E-state index in [1.165, 1.54) is 0 Å². The van der Waals surface area contributed by atoms with Gasteiger partial charge in [-0.15, -0.1) is 0 Å². The highest BCUT2D eigenvalue weighted by molar-refractivity contribution is 5.93. The standard InChI is InChI=1S/C13H15NO3/c1-3-11-9(7-14)5-6-10(8-15)12(11)13(16)17-4-2/h5-6,15H,3-4,8H2,1-2H3. The molecule has 90 valence electrons. The number of nitrogens with zero attached hydrogens (tertiary/aromatic N) is 1. The molecule has 0 aliphatic rings. The van der Waals surface area contributed by atoms with Crippen LogP contribution in [0.15, 0.2) is 12.1 Å². The lowest BCUT2D eigenvalue weighted by Crippen LogP contribution is -2.13. The third kappa shape index (κ3) is 2.63. The number of esters is 1. The predicted molar refractivity (Wildman–Crippen MR) is 62.4 cm³/mol. The van der Waals surface area contributed by atoms with Crippen LogP contribution in [0.1, 0.15) is 40.9 Å². The zero-order valence-corrected chi connectivity index (χ0v) is 9.99. The first-order valence-electron chi connectivity index (χ1n) is 5.52. The predicted octanol–water partition coefficient (Wildman–Crippen LogP) is 1.79. The fourth-order valence-electron chi connectivity index (χ4n) is 1.76. The molecule has 0 radical (unpaired) electrons. The van der Waals surface area contributed by atoms with Crippen molar-refractivity contribution in [3.05, 3.63) is 34.4 Å². The van der Waals surface area contributed by atoms with E-state index in [-0.39, 0.29) is 13.2 Å². The van der Waals surface area contributed by atoms with Crippen LogP contribution in [-0.4, -0.2) is 17.7 Å². The second-order valence-electron chi connectivity index (χ2n) is 3.47. The Bertz CT molecular complexity index is 460. The average molecular weight is 233 g/mol. The molecule has 1 aromatic carbocycles. The van der Waals surface area contributed by atoms with E-state index in [0.29, 0.717) is 28.7 Å². The van der Waals surface area contributed by atoms with Crippen LogP contribution in [0.5, 0.6) is 0 Å². The van der Waals surface area contributed by atoms with E-state index in [0.717, 1.165) is 0 Å². The van der Waals surface area contributed by atoms with Crippen molar-refractivity contribution in [2.24, 2.45) is 0 Å². The summed E-state index contributed by atoms with van der Waals surface area (Å²) in [5.74, 6) is -0.481. The lowest BCUT2D eigenvalue weighted by Gasteiger charge is -2.12. The molecule has 1 rings (SSSR count). The van der Waals surface area contributed by atoms with Crippen molar-refractivity contribution < 1.29 is 14.6 Å². The molecule has 0 atom stereocenters. The lowest BCUT2D eigenvalue weighted by atomic mass is 9.95. The minimum Gasteiger partial charge on any atom is -0.462 e. The summed E-state index contributed by atoms with van der Waals surface area (Å²) in [4.78, 5) is 11.8. The highest BCUT2D eigenvalue weighted by Crippen LogP contribution is 2.21. The van der Waals surface area contributed by atoms with Crippen LogP contribution in [0.4, 0.5) is 0 Å². The van der Waals surface area contributed by atoms with Gasteiger partial charge in [0.15, 0.2) is 0 Å². The Morgan fingerprint density at radius 3 is 2.65 bits per heavy atom. The third-order valence-corrected chi connectivity index (χ3v) is 2.52. The monoisotopic (exact) mass is 233 g/mol. The number of nitriles is 1. The van der Waals surface area contributed by atoms with E-state index in [2.05, 4.69) is 0 Å². The fourth-order valence-corrected chi connectivity index (χ4v) is 1.76. The van der Waals surface area contributed by atoms with Crippen LogP contribution in [0.25, 0.3) is 0 Å². The molecule has 4 nitrogen and oxygen atoms in total. The Labute approximate surface area is 100 Å². The molecular formula is C13H15NO3. The van der Waals surface area contributed by atoms with Crippen molar-refractivity contribution in [2.45, 2.75) is 26.9 Å². The largest absolute Gasteiger partial charge is 0.462 e. The number of hydrogen-bond acceptors (Lipinski definition) is 4. The molecule has 0 saturated carbocycles. The first-order valence-corrected chi connectivity index (χ1v) is 5.52. The van der Waals surface area contributed by atoms with Crippen LogP contribution >= 0.6 is 0 Å². The summed E-state index contributed by atoms with van der Waals surface area (Å²) in [5.41, 5.74) is 1.92.